The van der Waals surface area contributed by atoms with Gasteiger partial charge in [0.2, 0.25) is 0 Å². The van der Waals surface area contributed by atoms with E-state index in [9.17, 15) is 13.0 Å². The maximum absolute atomic E-state index is 11.6. The van der Waals surface area contributed by atoms with Gasteiger partial charge in [-0.25, -0.2) is 4.98 Å². The molecule has 0 amide bonds. The van der Waals surface area contributed by atoms with E-state index >= 15 is 0 Å². The molecule has 0 aliphatic heterocycles. The highest BCUT2D eigenvalue weighted by atomic mass is 79.9. The molecule has 0 spiro atoms. The van der Waals surface area contributed by atoms with Crippen LogP contribution in [0, 0.1) is 0 Å². The number of thiazole rings is 1. The van der Waals surface area contributed by atoms with Gasteiger partial charge in [0.05, 0.1) is 20.8 Å². The minimum absolute atomic E-state index is 0.103. The van der Waals surface area contributed by atoms with Gasteiger partial charge in [-0.15, -0.1) is 0 Å². The number of nitrogens with zero attached hydrogens (tertiary/aromatic N) is 1. The van der Waals surface area contributed by atoms with Crippen LogP contribution in [0.3, 0.4) is 0 Å². The molecule has 0 radical (unpaired) electrons. The second-order valence-corrected chi connectivity index (χ2v) is 6.42. The summed E-state index contributed by atoms with van der Waals surface area (Å²) in [4.78, 5) is 3.88. The van der Waals surface area contributed by atoms with Crippen LogP contribution in [0.2, 0.25) is 0 Å². The molecule has 1 aromatic rings. The monoisotopic (exact) mass is 301 g/mol. The molecule has 0 aliphatic carbocycles. The third kappa shape index (κ3) is 3.93. The molecule has 1 aromatic heterocycles. The van der Waals surface area contributed by atoms with Crippen LogP contribution in [0.1, 0.15) is 6.42 Å². The predicted octanol–water partition coefficient (Wildman–Crippen LogP) is 3.18. The van der Waals surface area contributed by atoms with Gasteiger partial charge >= 0.3 is 0 Å². The zero-order valence-electron chi connectivity index (χ0n) is 6.87. The van der Waals surface area contributed by atoms with Crippen LogP contribution in [0.15, 0.2) is 26.5 Å². The maximum atomic E-state index is 11.6. The van der Waals surface area contributed by atoms with Gasteiger partial charge in [0.25, 0.3) is 6.08 Å². The Morgan fingerprint density at radius 1 is 1.71 bits per heavy atom. The number of hydrogen-bond donors (Lipinski definition) is 0. The average Bonchev–Trinajstić information content (AvgIpc) is 2.51. The van der Waals surface area contributed by atoms with Crippen LogP contribution in [0.4, 0.5) is 8.78 Å². The minimum Gasteiger partial charge on any atom is -0.252 e. The zero-order valence-corrected chi connectivity index (χ0v) is 10.1. The number of aromatic nitrogens is 1. The second kappa shape index (κ2) is 5.67. The van der Waals surface area contributed by atoms with Crippen molar-refractivity contribution in [1.82, 2.24) is 4.98 Å². The maximum Gasteiger partial charge on any atom is 0.266 e. The average molecular weight is 302 g/mol. The molecule has 14 heavy (non-hydrogen) atoms. The molecule has 78 valence electrons. The second-order valence-electron chi connectivity index (χ2n) is 2.26. The van der Waals surface area contributed by atoms with E-state index in [1.165, 1.54) is 11.3 Å². The van der Waals surface area contributed by atoms with Crippen molar-refractivity contribution >= 4 is 38.1 Å². The lowest BCUT2D eigenvalue weighted by molar-refractivity contribution is 0.418. The van der Waals surface area contributed by atoms with Crippen molar-refractivity contribution in [1.29, 1.82) is 0 Å². The number of halogens is 3. The molecular formula is C7H6BrF2NOS2. The molecule has 0 fully saturated rings. The SMILES string of the molecule is O=S(CCC=C(F)F)c1ncc(Br)s1. The van der Waals surface area contributed by atoms with Crippen molar-refractivity contribution in [3.05, 3.63) is 22.1 Å². The molecule has 1 heterocycles. The van der Waals surface area contributed by atoms with Gasteiger partial charge in [-0.2, -0.15) is 8.78 Å². The number of allylic oxidation sites excluding steroid dienone is 1. The van der Waals surface area contributed by atoms with E-state index in [-0.39, 0.29) is 12.2 Å². The summed E-state index contributed by atoms with van der Waals surface area (Å²) in [5, 5.41) is 0. The summed E-state index contributed by atoms with van der Waals surface area (Å²) in [6, 6.07) is 0. The van der Waals surface area contributed by atoms with Crippen LogP contribution in [-0.2, 0) is 10.8 Å². The Kier molecular flexibility index (Phi) is 4.83. The molecule has 0 aromatic carbocycles. The summed E-state index contributed by atoms with van der Waals surface area (Å²) in [6.07, 6.45) is 0.679. The smallest absolute Gasteiger partial charge is 0.252 e. The molecule has 1 atom stereocenters. The molecule has 0 saturated heterocycles. The highest BCUT2D eigenvalue weighted by Gasteiger charge is 2.07. The third-order valence-electron chi connectivity index (χ3n) is 1.25. The highest BCUT2D eigenvalue weighted by Crippen LogP contribution is 2.22. The van der Waals surface area contributed by atoms with Gasteiger partial charge in [-0.1, -0.05) is 11.3 Å². The van der Waals surface area contributed by atoms with Crippen LogP contribution in [-0.4, -0.2) is 14.9 Å². The van der Waals surface area contributed by atoms with E-state index in [1.807, 2.05) is 0 Å². The first-order valence-electron chi connectivity index (χ1n) is 3.60. The largest absolute Gasteiger partial charge is 0.266 e. The van der Waals surface area contributed by atoms with Crippen molar-refractivity contribution < 1.29 is 13.0 Å². The molecule has 0 bridgehead atoms. The van der Waals surface area contributed by atoms with Crippen LogP contribution >= 0.6 is 27.3 Å². The third-order valence-corrected chi connectivity index (χ3v) is 4.43. The Labute approximate surface area is 94.6 Å². The van der Waals surface area contributed by atoms with Crippen molar-refractivity contribution in [2.75, 3.05) is 5.75 Å². The van der Waals surface area contributed by atoms with Crippen LogP contribution in [0.25, 0.3) is 0 Å². The summed E-state index contributed by atoms with van der Waals surface area (Å²) in [5.74, 6) is 0.178. The fraction of sp³-hybridized carbons (Fsp3) is 0.286. The summed E-state index contributed by atoms with van der Waals surface area (Å²) < 4.78 is 35.9. The quantitative estimate of drug-likeness (QED) is 0.855. The lowest BCUT2D eigenvalue weighted by atomic mass is 10.5. The standard InChI is InChI=1S/C7H6BrF2NOS2/c8-5-4-11-7(13-5)14(12)3-1-2-6(9)10/h2,4H,1,3H2. The van der Waals surface area contributed by atoms with Gasteiger partial charge in [-0.05, 0) is 28.4 Å². The number of hydrogen-bond acceptors (Lipinski definition) is 3. The highest BCUT2D eigenvalue weighted by molar-refractivity contribution is 9.11. The van der Waals surface area contributed by atoms with Gasteiger partial charge in [0.15, 0.2) is 4.34 Å². The van der Waals surface area contributed by atoms with Gasteiger partial charge in [-0.3, -0.25) is 4.21 Å². The van der Waals surface area contributed by atoms with Crippen LogP contribution < -0.4 is 0 Å². The van der Waals surface area contributed by atoms with Crippen molar-refractivity contribution in [2.24, 2.45) is 0 Å². The van der Waals surface area contributed by atoms with E-state index < -0.39 is 16.9 Å². The summed E-state index contributed by atoms with van der Waals surface area (Å²) >= 11 is 4.43. The van der Waals surface area contributed by atoms with Gasteiger partial charge < -0.3 is 0 Å². The van der Waals surface area contributed by atoms with Crippen molar-refractivity contribution in [3.8, 4) is 0 Å². The number of rotatable bonds is 4. The Morgan fingerprint density at radius 3 is 2.93 bits per heavy atom. The molecule has 7 heteroatoms. The molecule has 0 saturated carbocycles. The summed E-state index contributed by atoms with van der Waals surface area (Å²) in [6.45, 7) is 0. The first-order valence-corrected chi connectivity index (χ1v) is 6.53. The van der Waals surface area contributed by atoms with E-state index in [0.29, 0.717) is 4.34 Å². The fourth-order valence-corrected chi connectivity index (χ4v) is 3.54. The lowest BCUT2D eigenvalue weighted by Gasteiger charge is -1.92. The summed E-state index contributed by atoms with van der Waals surface area (Å²) in [5.41, 5.74) is 0. The molecule has 2 nitrogen and oxygen atoms in total. The molecule has 1 rings (SSSR count). The lowest BCUT2D eigenvalue weighted by Crippen LogP contribution is -1.95. The Morgan fingerprint density at radius 2 is 2.43 bits per heavy atom. The van der Waals surface area contributed by atoms with E-state index in [2.05, 4.69) is 20.9 Å². The van der Waals surface area contributed by atoms with Gasteiger partial charge in [0.1, 0.15) is 0 Å². The molecule has 1 unspecified atom stereocenters. The van der Waals surface area contributed by atoms with Gasteiger partial charge in [0, 0.05) is 5.75 Å². The Balaban J connectivity index is 2.47. The first kappa shape index (κ1) is 11.9. The molecule has 0 aliphatic rings. The topological polar surface area (TPSA) is 30.0 Å². The van der Waals surface area contributed by atoms with E-state index in [1.54, 1.807) is 6.20 Å². The zero-order chi connectivity index (χ0) is 10.6. The molecule has 0 N–H and O–H groups in total. The first-order chi connectivity index (χ1) is 6.59. The normalized spacial score (nSPS) is 12.5. The Bertz CT molecular complexity index is 362. The summed E-state index contributed by atoms with van der Waals surface area (Å²) in [7, 11) is -1.28. The predicted molar refractivity (Wildman–Crippen MR) is 56.0 cm³/mol. The minimum atomic E-state index is -1.73. The van der Waals surface area contributed by atoms with E-state index in [0.717, 1.165) is 9.86 Å². The molecular weight excluding hydrogens is 296 g/mol. The Hall–Kier alpha value is -0.140. The van der Waals surface area contributed by atoms with Crippen LogP contribution in [0.5, 0.6) is 0 Å². The fourth-order valence-electron chi connectivity index (χ4n) is 0.707. The van der Waals surface area contributed by atoms with Crippen molar-refractivity contribution in [3.63, 3.8) is 0 Å². The van der Waals surface area contributed by atoms with E-state index in [4.69, 9.17) is 0 Å². The van der Waals surface area contributed by atoms with Crippen molar-refractivity contribution in [2.45, 2.75) is 10.8 Å².